The van der Waals surface area contributed by atoms with Crippen molar-refractivity contribution in [3.05, 3.63) is 0 Å². The van der Waals surface area contributed by atoms with Crippen molar-refractivity contribution in [1.29, 1.82) is 0 Å². The normalized spacial score (nSPS) is 40.9. The van der Waals surface area contributed by atoms with Gasteiger partial charge in [-0.2, -0.15) is 21.6 Å². The average Bonchev–Trinajstić information content (AvgIpc) is 2.90. The molecule has 0 N–H and O–H groups in total. The van der Waals surface area contributed by atoms with E-state index in [1.54, 1.807) is 0 Å². The summed E-state index contributed by atoms with van der Waals surface area (Å²) in [5.74, 6) is -0.755. The minimum Gasteiger partial charge on any atom is -0.411 e. The summed E-state index contributed by atoms with van der Waals surface area (Å²) in [5.41, 5.74) is -6.88. The van der Waals surface area contributed by atoms with E-state index in [0.29, 0.717) is 32.3 Å². The number of rotatable bonds is 5. The fourth-order valence-corrected chi connectivity index (χ4v) is 7.58. The fraction of sp³-hybridized carbons (Fsp3) is 1.00. The monoisotopic (exact) mass is 618 g/mol. The number of hydrogen-bond donors (Lipinski definition) is 0. The summed E-state index contributed by atoms with van der Waals surface area (Å²) in [4.78, 5) is 0. The molecular weight excluding hydrogens is 573 g/mol. The van der Waals surface area contributed by atoms with Crippen molar-refractivity contribution in [1.82, 2.24) is 0 Å². The van der Waals surface area contributed by atoms with E-state index in [9.17, 15) is 21.6 Å². The summed E-state index contributed by atoms with van der Waals surface area (Å²) in [6, 6.07) is 0. The molecule has 8 atom stereocenters. The van der Waals surface area contributed by atoms with Gasteiger partial charge in [0.05, 0.1) is 49.3 Å². The number of halogens is 3. The highest BCUT2D eigenvalue weighted by Gasteiger charge is 2.59. The Morgan fingerprint density at radius 1 is 0.950 bits per heavy atom. The Bertz CT molecular complexity index is 1050. The van der Waals surface area contributed by atoms with Crippen LogP contribution in [0.4, 0.5) is 13.2 Å². The van der Waals surface area contributed by atoms with Gasteiger partial charge >= 0.3 is 15.6 Å². The van der Waals surface area contributed by atoms with Gasteiger partial charge < -0.3 is 28.1 Å². The number of ether oxygens (including phenoxy) is 5. The lowest BCUT2D eigenvalue weighted by Crippen LogP contribution is -2.67. The highest BCUT2D eigenvalue weighted by atomic mass is 32.2. The zero-order chi connectivity index (χ0) is 30.2. The van der Waals surface area contributed by atoms with Gasteiger partial charge in [0, 0.05) is 12.8 Å². The van der Waals surface area contributed by atoms with Gasteiger partial charge in [-0.05, 0) is 58.7 Å². The van der Waals surface area contributed by atoms with E-state index in [0.717, 1.165) is 0 Å². The molecule has 4 heterocycles. The quantitative estimate of drug-likeness (QED) is 0.239. The predicted molar refractivity (Wildman–Crippen MR) is 142 cm³/mol. The summed E-state index contributed by atoms with van der Waals surface area (Å²) < 4.78 is 105. The summed E-state index contributed by atoms with van der Waals surface area (Å²) in [6.45, 7) is 17.4. The molecule has 4 aliphatic heterocycles. The second-order valence-corrected chi connectivity index (χ2v) is 20.4. The topological polar surface area (TPSA) is 98.8 Å². The lowest BCUT2D eigenvalue weighted by molar-refractivity contribution is -0.385. The number of hydrogen-bond acceptors (Lipinski definition) is 9. The average molecular weight is 619 g/mol. The Labute approximate surface area is 236 Å². The van der Waals surface area contributed by atoms with E-state index in [1.165, 1.54) is 0 Å². The van der Waals surface area contributed by atoms with Crippen LogP contribution in [0.3, 0.4) is 0 Å². The van der Waals surface area contributed by atoms with Crippen LogP contribution < -0.4 is 0 Å². The van der Waals surface area contributed by atoms with E-state index in [4.69, 9.17) is 28.1 Å². The van der Waals surface area contributed by atoms with Gasteiger partial charge in [-0.3, -0.25) is 4.18 Å². The maximum atomic E-state index is 13.0. The van der Waals surface area contributed by atoms with Gasteiger partial charge in [0.25, 0.3) is 0 Å². The molecule has 4 rings (SSSR count). The van der Waals surface area contributed by atoms with Gasteiger partial charge in [0.15, 0.2) is 14.1 Å². The molecule has 234 valence electrons. The van der Waals surface area contributed by atoms with Crippen LogP contribution in [0.5, 0.6) is 0 Å². The zero-order valence-electron chi connectivity index (χ0n) is 24.9. The molecule has 0 bridgehead atoms. The van der Waals surface area contributed by atoms with Gasteiger partial charge in [0.2, 0.25) is 0 Å². The van der Waals surface area contributed by atoms with Crippen molar-refractivity contribution in [3.8, 4) is 0 Å². The third-order valence-corrected chi connectivity index (χ3v) is 14.7. The van der Waals surface area contributed by atoms with Gasteiger partial charge in [-0.15, -0.1) is 0 Å². The molecule has 0 radical (unpaired) electrons. The van der Waals surface area contributed by atoms with E-state index >= 15 is 0 Å². The highest BCUT2D eigenvalue weighted by Crippen LogP contribution is 2.49. The number of fused-ring (bicyclic) bond motifs is 3. The molecule has 0 aromatic carbocycles. The molecule has 0 aromatic rings. The molecule has 0 saturated carbocycles. The maximum absolute atomic E-state index is 13.0. The maximum Gasteiger partial charge on any atom is 0.523 e. The zero-order valence-corrected chi connectivity index (χ0v) is 26.7. The Morgan fingerprint density at radius 2 is 1.60 bits per heavy atom. The second-order valence-electron chi connectivity index (χ2n) is 14.0. The molecule has 9 nitrogen and oxygen atoms in total. The summed E-state index contributed by atoms with van der Waals surface area (Å²) in [5, 5.41) is -0.203. The Kier molecular flexibility index (Phi) is 8.47. The molecule has 0 spiro atoms. The van der Waals surface area contributed by atoms with Gasteiger partial charge in [-0.25, -0.2) is 0 Å². The lowest BCUT2D eigenvalue weighted by Gasteiger charge is -2.56. The minimum atomic E-state index is -5.79. The molecule has 14 heteroatoms. The van der Waals surface area contributed by atoms with Crippen molar-refractivity contribution in [2.24, 2.45) is 0 Å². The molecule has 40 heavy (non-hydrogen) atoms. The SMILES string of the molecule is CC1(C)OC[C@]2(C)O[C@]3(C)CC[C@@H]4O[C@H](COS(=O)(=O)C(F)(F)F)[C@@H](O[Si](C)(C)C(C)(C)C)C[C@H]4O[C@H]3C[C@H]2O1. The van der Waals surface area contributed by atoms with Crippen LogP contribution in [0.25, 0.3) is 0 Å². The third-order valence-electron chi connectivity index (χ3n) is 9.22. The van der Waals surface area contributed by atoms with Crippen molar-refractivity contribution < 1.29 is 53.9 Å². The van der Waals surface area contributed by atoms with E-state index in [-0.39, 0.29) is 17.2 Å². The van der Waals surface area contributed by atoms with E-state index < -0.39 is 72.0 Å². The second kappa shape index (κ2) is 10.4. The first-order valence-corrected chi connectivity index (χ1v) is 18.3. The minimum absolute atomic E-state index is 0.203. The number of alkyl halides is 3. The van der Waals surface area contributed by atoms with Gasteiger partial charge in [-0.1, -0.05) is 20.8 Å². The molecular formula is C26H45F3O9SSi. The summed E-state index contributed by atoms with van der Waals surface area (Å²) >= 11 is 0. The molecule has 0 unspecified atom stereocenters. The fourth-order valence-electron chi connectivity index (χ4n) is 5.78. The van der Waals surface area contributed by atoms with Gasteiger partial charge in [0.1, 0.15) is 11.7 Å². The first-order chi connectivity index (χ1) is 18.0. The van der Waals surface area contributed by atoms with Crippen LogP contribution in [0.2, 0.25) is 18.1 Å². The molecule has 0 amide bonds. The van der Waals surface area contributed by atoms with Crippen molar-refractivity contribution >= 4 is 18.4 Å². The Morgan fingerprint density at radius 3 is 2.20 bits per heavy atom. The summed E-state index contributed by atoms with van der Waals surface area (Å²) in [6.07, 6.45) is -1.31. The molecule has 0 aliphatic carbocycles. The predicted octanol–water partition coefficient (Wildman–Crippen LogP) is 5.04. The van der Waals surface area contributed by atoms with Crippen LogP contribution in [-0.2, 0) is 42.4 Å². The van der Waals surface area contributed by atoms with Crippen LogP contribution in [0.1, 0.15) is 74.1 Å². The van der Waals surface area contributed by atoms with Crippen molar-refractivity contribution in [2.45, 2.75) is 151 Å². The molecule has 4 saturated heterocycles. The van der Waals surface area contributed by atoms with Crippen LogP contribution in [-0.4, -0.2) is 89.1 Å². The van der Waals surface area contributed by atoms with E-state index in [1.807, 2.05) is 61.6 Å². The molecule has 4 fully saturated rings. The molecule has 0 aromatic heterocycles. The third kappa shape index (κ3) is 6.45. The Balaban J connectivity index is 1.57. The van der Waals surface area contributed by atoms with Crippen LogP contribution in [0, 0.1) is 0 Å². The summed E-state index contributed by atoms with van der Waals surface area (Å²) in [7, 11) is -8.22. The molecule has 4 aliphatic rings. The first kappa shape index (κ1) is 32.6. The van der Waals surface area contributed by atoms with Crippen LogP contribution in [0.15, 0.2) is 0 Å². The highest BCUT2D eigenvalue weighted by molar-refractivity contribution is 7.87. The van der Waals surface area contributed by atoms with E-state index in [2.05, 4.69) is 4.18 Å². The largest absolute Gasteiger partial charge is 0.523 e. The lowest BCUT2D eigenvalue weighted by atomic mass is 9.79. The van der Waals surface area contributed by atoms with Crippen molar-refractivity contribution in [3.63, 3.8) is 0 Å². The standard InChI is InChI=1S/C26H45F3O9SSi/c1-22(2,3)40(8,9)37-18-12-17-16(34-19(18)14-33-39(30,31)26(27,28)29)10-11-24(6)20(35-17)13-21-25(7,38-24)15-32-23(4,5)36-21/h16-21H,10-15H2,1-9H3/t16-,17+,18-,19+,20-,21+,24+,25-/m0/s1. The van der Waals surface area contributed by atoms with Crippen LogP contribution >= 0.6 is 0 Å². The smallest absolute Gasteiger partial charge is 0.411 e. The first-order valence-electron chi connectivity index (χ1n) is 13.9. The Hall–Kier alpha value is -0.323. The van der Waals surface area contributed by atoms with Crippen molar-refractivity contribution in [2.75, 3.05) is 13.2 Å².